The maximum atomic E-state index is 12.6. The van der Waals surface area contributed by atoms with Crippen molar-refractivity contribution in [2.75, 3.05) is 27.2 Å². The van der Waals surface area contributed by atoms with E-state index >= 15 is 0 Å². The first-order chi connectivity index (χ1) is 11.1. The van der Waals surface area contributed by atoms with Gasteiger partial charge >= 0.3 is 0 Å². The standard InChI is InChI=1S/C19H29N3O/c1-22(2)19(10-14-6-3-4-7-15(14)11-19)13-21-18(23)17-9-5-8-16(17)12-20/h3-4,6-7,16-17H,5,8-13,20H2,1-2H3,(H,21,23)/t16-,17-/m1/s1. The van der Waals surface area contributed by atoms with Crippen LogP contribution in [0.3, 0.4) is 0 Å². The molecule has 4 heteroatoms. The van der Waals surface area contributed by atoms with Gasteiger partial charge in [0.2, 0.25) is 5.91 Å². The molecule has 126 valence electrons. The molecule has 3 N–H and O–H groups in total. The van der Waals surface area contributed by atoms with E-state index in [1.54, 1.807) is 0 Å². The number of hydrogen-bond acceptors (Lipinski definition) is 3. The van der Waals surface area contributed by atoms with Crippen LogP contribution in [-0.2, 0) is 17.6 Å². The fourth-order valence-corrected chi connectivity index (χ4v) is 4.32. The monoisotopic (exact) mass is 315 g/mol. The molecule has 1 amide bonds. The summed E-state index contributed by atoms with van der Waals surface area (Å²) in [6, 6.07) is 8.63. The normalized spacial score (nSPS) is 25.6. The SMILES string of the molecule is CN(C)C1(CNC(=O)[C@@H]2CCC[C@@H]2CN)Cc2ccccc2C1. The Kier molecular flexibility index (Phi) is 4.74. The molecule has 0 radical (unpaired) electrons. The molecule has 1 saturated carbocycles. The van der Waals surface area contributed by atoms with E-state index in [4.69, 9.17) is 5.73 Å². The predicted molar refractivity (Wildman–Crippen MR) is 93.2 cm³/mol. The lowest BCUT2D eigenvalue weighted by Gasteiger charge is -2.37. The number of amides is 1. The van der Waals surface area contributed by atoms with E-state index in [9.17, 15) is 4.79 Å². The number of likely N-dealkylation sites (N-methyl/N-ethyl adjacent to an activating group) is 1. The molecule has 0 bridgehead atoms. The third-order valence-electron chi connectivity index (χ3n) is 6.00. The second-order valence-corrected chi connectivity index (χ2v) is 7.49. The number of rotatable bonds is 5. The zero-order valence-corrected chi connectivity index (χ0v) is 14.3. The van der Waals surface area contributed by atoms with Crippen molar-refractivity contribution in [3.05, 3.63) is 35.4 Å². The molecule has 4 nitrogen and oxygen atoms in total. The van der Waals surface area contributed by atoms with Gasteiger partial charge in [-0.3, -0.25) is 4.79 Å². The van der Waals surface area contributed by atoms with Crippen LogP contribution in [0.1, 0.15) is 30.4 Å². The lowest BCUT2D eigenvalue weighted by molar-refractivity contribution is -0.126. The fraction of sp³-hybridized carbons (Fsp3) is 0.632. The minimum absolute atomic E-state index is 0.00381. The summed E-state index contributed by atoms with van der Waals surface area (Å²) < 4.78 is 0. The second kappa shape index (κ2) is 6.62. The summed E-state index contributed by atoms with van der Waals surface area (Å²) in [5, 5.41) is 3.25. The highest BCUT2D eigenvalue weighted by Crippen LogP contribution is 2.34. The van der Waals surface area contributed by atoms with Crippen molar-refractivity contribution in [1.82, 2.24) is 10.2 Å². The molecular formula is C19H29N3O. The first-order valence-corrected chi connectivity index (χ1v) is 8.78. The van der Waals surface area contributed by atoms with Gasteiger partial charge in [0.25, 0.3) is 0 Å². The minimum atomic E-state index is -0.00381. The first kappa shape index (κ1) is 16.5. The minimum Gasteiger partial charge on any atom is -0.354 e. The number of nitrogens with two attached hydrogens (primary N) is 1. The topological polar surface area (TPSA) is 58.4 Å². The van der Waals surface area contributed by atoms with Gasteiger partial charge in [0, 0.05) is 18.0 Å². The zero-order valence-electron chi connectivity index (χ0n) is 14.3. The Bertz CT molecular complexity index is 544. The van der Waals surface area contributed by atoms with Gasteiger partial charge < -0.3 is 16.0 Å². The van der Waals surface area contributed by atoms with E-state index < -0.39 is 0 Å². The van der Waals surface area contributed by atoms with Crippen LogP contribution in [0, 0.1) is 11.8 Å². The number of hydrogen-bond donors (Lipinski definition) is 2. The van der Waals surface area contributed by atoms with Crippen LogP contribution in [0.5, 0.6) is 0 Å². The van der Waals surface area contributed by atoms with E-state index in [0.29, 0.717) is 19.0 Å². The highest BCUT2D eigenvalue weighted by molar-refractivity contribution is 5.79. The Morgan fingerprint density at radius 3 is 2.48 bits per heavy atom. The smallest absolute Gasteiger partial charge is 0.223 e. The molecule has 0 unspecified atom stereocenters. The van der Waals surface area contributed by atoms with Crippen LogP contribution >= 0.6 is 0 Å². The number of carbonyl (C=O) groups is 1. The average Bonchev–Trinajstić information content (AvgIpc) is 3.16. The van der Waals surface area contributed by atoms with Gasteiger partial charge in [-0.2, -0.15) is 0 Å². The van der Waals surface area contributed by atoms with E-state index in [1.807, 2.05) is 0 Å². The second-order valence-electron chi connectivity index (χ2n) is 7.49. The molecule has 0 saturated heterocycles. The van der Waals surface area contributed by atoms with Gasteiger partial charge in [0.15, 0.2) is 0 Å². The summed E-state index contributed by atoms with van der Waals surface area (Å²) in [7, 11) is 4.24. The molecule has 1 aromatic carbocycles. The fourth-order valence-electron chi connectivity index (χ4n) is 4.32. The van der Waals surface area contributed by atoms with Crippen molar-refractivity contribution in [2.45, 2.75) is 37.6 Å². The summed E-state index contributed by atoms with van der Waals surface area (Å²) in [4.78, 5) is 14.9. The molecule has 0 aliphatic heterocycles. The van der Waals surface area contributed by atoms with Crippen LogP contribution in [0.15, 0.2) is 24.3 Å². The van der Waals surface area contributed by atoms with Gasteiger partial charge in [-0.25, -0.2) is 0 Å². The number of carbonyl (C=O) groups excluding carboxylic acids is 1. The third kappa shape index (κ3) is 3.15. The van der Waals surface area contributed by atoms with Crippen LogP contribution in [-0.4, -0.2) is 43.5 Å². The van der Waals surface area contributed by atoms with Crippen molar-refractivity contribution in [2.24, 2.45) is 17.6 Å². The lowest BCUT2D eigenvalue weighted by Crippen LogP contribution is -2.54. The molecule has 2 atom stereocenters. The van der Waals surface area contributed by atoms with Crippen molar-refractivity contribution in [3.63, 3.8) is 0 Å². The molecule has 2 aliphatic rings. The highest BCUT2D eigenvalue weighted by Gasteiger charge is 2.40. The molecule has 1 fully saturated rings. The van der Waals surface area contributed by atoms with Gasteiger partial charge in [-0.15, -0.1) is 0 Å². The lowest BCUT2D eigenvalue weighted by atomic mass is 9.92. The number of nitrogens with zero attached hydrogens (tertiary/aromatic N) is 1. The summed E-state index contributed by atoms with van der Waals surface area (Å²) >= 11 is 0. The summed E-state index contributed by atoms with van der Waals surface area (Å²) in [5.74, 6) is 0.684. The predicted octanol–water partition coefficient (Wildman–Crippen LogP) is 1.58. The molecular weight excluding hydrogens is 286 g/mol. The van der Waals surface area contributed by atoms with Gasteiger partial charge in [0.05, 0.1) is 0 Å². The Hall–Kier alpha value is -1.39. The van der Waals surface area contributed by atoms with Crippen molar-refractivity contribution in [1.29, 1.82) is 0 Å². The summed E-state index contributed by atoms with van der Waals surface area (Å²) in [6.45, 7) is 1.34. The van der Waals surface area contributed by atoms with Crippen LogP contribution in [0.2, 0.25) is 0 Å². The number of nitrogens with one attached hydrogen (secondary N) is 1. The largest absolute Gasteiger partial charge is 0.354 e. The Morgan fingerprint density at radius 1 is 1.26 bits per heavy atom. The molecule has 0 heterocycles. The van der Waals surface area contributed by atoms with Crippen molar-refractivity contribution in [3.8, 4) is 0 Å². The van der Waals surface area contributed by atoms with E-state index in [1.165, 1.54) is 11.1 Å². The van der Waals surface area contributed by atoms with E-state index in [-0.39, 0.29) is 17.4 Å². The Morgan fingerprint density at radius 2 is 1.91 bits per heavy atom. The number of benzene rings is 1. The molecule has 3 rings (SSSR count). The third-order valence-corrected chi connectivity index (χ3v) is 6.00. The molecule has 0 spiro atoms. The average molecular weight is 315 g/mol. The Balaban J connectivity index is 1.67. The van der Waals surface area contributed by atoms with E-state index in [0.717, 1.165) is 32.1 Å². The van der Waals surface area contributed by atoms with Crippen LogP contribution in [0.25, 0.3) is 0 Å². The van der Waals surface area contributed by atoms with Crippen molar-refractivity contribution < 1.29 is 4.79 Å². The molecule has 0 aromatic heterocycles. The van der Waals surface area contributed by atoms with Crippen LogP contribution < -0.4 is 11.1 Å². The van der Waals surface area contributed by atoms with Crippen LogP contribution in [0.4, 0.5) is 0 Å². The van der Waals surface area contributed by atoms with E-state index in [2.05, 4.69) is 48.6 Å². The maximum Gasteiger partial charge on any atom is 0.223 e. The van der Waals surface area contributed by atoms with Gasteiger partial charge in [0.1, 0.15) is 0 Å². The molecule has 23 heavy (non-hydrogen) atoms. The maximum absolute atomic E-state index is 12.6. The van der Waals surface area contributed by atoms with Gasteiger partial charge in [-0.1, -0.05) is 30.7 Å². The zero-order chi connectivity index (χ0) is 16.4. The molecule has 1 aromatic rings. The Labute approximate surface area is 139 Å². The quantitative estimate of drug-likeness (QED) is 0.867. The van der Waals surface area contributed by atoms with Crippen molar-refractivity contribution >= 4 is 5.91 Å². The summed E-state index contributed by atoms with van der Waals surface area (Å²) in [6.07, 6.45) is 5.22. The highest BCUT2D eigenvalue weighted by atomic mass is 16.1. The molecule has 2 aliphatic carbocycles. The summed E-state index contributed by atoms with van der Waals surface area (Å²) in [5.41, 5.74) is 8.65. The first-order valence-electron chi connectivity index (χ1n) is 8.78. The van der Waals surface area contributed by atoms with Gasteiger partial charge in [-0.05, 0) is 63.4 Å². The number of fused-ring (bicyclic) bond motifs is 1.